The number of aromatic nitrogens is 3. The Morgan fingerprint density at radius 1 is 1.44 bits per heavy atom. The summed E-state index contributed by atoms with van der Waals surface area (Å²) in [4.78, 5) is 31.3. The van der Waals surface area contributed by atoms with E-state index in [9.17, 15) is 14.9 Å². The van der Waals surface area contributed by atoms with E-state index in [4.69, 9.17) is 0 Å². The third-order valence-corrected chi connectivity index (χ3v) is 2.15. The van der Waals surface area contributed by atoms with E-state index in [1.165, 1.54) is 0 Å². The molecule has 8 heteroatoms. The van der Waals surface area contributed by atoms with Gasteiger partial charge in [-0.05, 0) is 19.1 Å². The number of rotatable bonds is 3. The number of nitrogens with one attached hydrogen (secondary N) is 2. The number of pyridine rings is 1. The van der Waals surface area contributed by atoms with E-state index in [1.54, 1.807) is 25.1 Å². The standard InChI is InChI=1S/C10H9N5O3/c1-6-3-2-4-7(13-6)14-9-8(15(17)18)10(16)12-5-11-9/h2-5H,1H3,(H2,11,12,13,14,16). The van der Waals surface area contributed by atoms with Crippen molar-refractivity contribution < 1.29 is 4.92 Å². The van der Waals surface area contributed by atoms with Crippen LogP contribution in [0.2, 0.25) is 0 Å². The summed E-state index contributed by atoms with van der Waals surface area (Å²) >= 11 is 0. The minimum absolute atomic E-state index is 0.137. The Bertz CT molecular complexity index is 652. The highest BCUT2D eigenvalue weighted by molar-refractivity contribution is 5.61. The fraction of sp³-hybridized carbons (Fsp3) is 0.100. The van der Waals surface area contributed by atoms with Gasteiger partial charge in [-0.1, -0.05) is 6.07 Å². The Kier molecular flexibility index (Phi) is 3.00. The van der Waals surface area contributed by atoms with Gasteiger partial charge < -0.3 is 10.3 Å². The minimum Gasteiger partial charge on any atom is -0.319 e. The molecule has 0 saturated heterocycles. The van der Waals surface area contributed by atoms with Gasteiger partial charge in [0.25, 0.3) is 0 Å². The number of H-pyrrole nitrogens is 1. The summed E-state index contributed by atoms with van der Waals surface area (Å²) in [5, 5.41) is 13.4. The van der Waals surface area contributed by atoms with Gasteiger partial charge in [-0.2, -0.15) is 0 Å². The first kappa shape index (κ1) is 11.7. The van der Waals surface area contributed by atoms with Gasteiger partial charge in [0.2, 0.25) is 5.82 Å². The summed E-state index contributed by atoms with van der Waals surface area (Å²) < 4.78 is 0. The fourth-order valence-electron chi connectivity index (χ4n) is 1.39. The van der Waals surface area contributed by atoms with Crippen molar-refractivity contribution in [1.29, 1.82) is 0 Å². The highest BCUT2D eigenvalue weighted by atomic mass is 16.6. The molecule has 2 aromatic rings. The first-order valence-corrected chi connectivity index (χ1v) is 5.00. The van der Waals surface area contributed by atoms with Crippen molar-refractivity contribution in [1.82, 2.24) is 15.0 Å². The third kappa shape index (κ3) is 2.32. The maximum atomic E-state index is 11.3. The van der Waals surface area contributed by atoms with Gasteiger partial charge >= 0.3 is 11.2 Å². The zero-order chi connectivity index (χ0) is 13.1. The lowest BCUT2D eigenvalue weighted by molar-refractivity contribution is -0.385. The number of aryl methyl sites for hydroxylation is 1. The van der Waals surface area contributed by atoms with Crippen LogP contribution in [0, 0.1) is 17.0 Å². The average molecular weight is 247 g/mol. The summed E-state index contributed by atoms with van der Waals surface area (Å²) in [6.07, 6.45) is 1.09. The number of anilines is 2. The molecule has 0 aliphatic rings. The Labute approximate surface area is 101 Å². The average Bonchev–Trinajstić information content (AvgIpc) is 2.28. The first-order chi connectivity index (χ1) is 8.58. The Morgan fingerprint density at radius 3 is 2.89 bits per heavy atom. The molecule has 0 aromatic carbocycles. The summed E-state index contributed by atoms with van der Waals surface area (Å²) in [6, 6.07) is 5.15. The van der Waals surface area contributed by atoms with Crippen LogP contribution in [0.4, 0.5) is 17.3 Å². The smallest absolute Gasteiger partial charge is 0.319 e. The van der Waals surface area contributed by atoms with E-state index in [1.807, 2.05) is 0 Å². The predicted molar refractivity (Wildman–Crippen MR) is 63.8 cm³/mol. The van der Waals surface area contributed by atoms with Crippen LogP contribution in [0.5, 0.6) is 0 Å². The van der Waals surface area contributed by atoms with E-state index in [0.717, 1.165) is 12.0 Å². The molecule has 0 unspecified atom stereocenters. The molecule has 0 atom stereocenters. The molecule has 2 rings (SSSR count). The maximum Gasteiger partial charge on any atom is 0.376 e. The number of aromatic amines is 1. The van der Waals surface area contributed by atoms with E-state index >= 15 is 0 Å². The van der Waals surface area contributed by atoms with E-state index < -0.39 is 16.2 Å². The van der Waals surface area contributed by atoms with Gasteiger partial charge in [-0.25, -0.2) is 9.97 Å². The molecule has 18 heavy (non-hydrogen) atoms. The van der Waals surface area contributed by atoms with Gasteiger partial charge in [0, 0.05) is 5.69 Å². The zero-order valence-corrected chi connectivity index (χ0v) is 9.38. The largest absolute Gasteiger partial charge is 0.376 e. The lowest BCUT2D eigenvalue weighted by atomic mass is 10.3. The maximum absolute atomic E-state index is 11.3. The number of nitrogens with zero attached hydrogens (tertiary/aromatic N) is 3. The summed E-state index contributed by atoms with van der Waals surface area (Å²) in [5.41, 5.74) is -0.710. The summed E-state index contributed by atoms with van der Waals surface area (Å²) in [5.74, 6) is 0.248. The second-order valence-electron chi connectivity index (χ2n) is 3.48. The molecular formula is C10H9N5O3. The van der Waals surface area contributed by atoms with Crippen LogP contribution >= 0.6 is 0 Å². The minimum atomic E-state index is -0.815. The molecule has 0 amide bonds. The number of hydrogen-bond acceptors (Lipinski definition) is 6. The van der Waals surface area contributed by atoms with Gasteiger partial charge in [-0.3, -0.25) is 14.9 Å². The fourth-order valence-corrected chi connectivity index (χ4v) is 1.39. The van der Waals surface area contributed by atoms with Crippen molar-refractivity contribution in [3.05, 3.63) is 50.7 Å². The monoisotopic (exact) mass is 247 g/mol. The molecule has 2 heterocycles. The van der Waals surface area contributed by atoms with Gasteiger partial charge in [0.15, 0.2) is 0 Å². The van der Waals surface area contributed by atoms with Crippen LogP contribution < -0.4 is 10.9 Å². The molecule has 0 saturated carbocycles. The van der Waals surface area contributed by atoms with Crippen molar-refractivity contribution >= 4 is 17.3 Å². The molecule has 92 valence electrons. The Balaban J connectivity index is 2.44. The third-order valence-electron chi connectivity index (χ3n) is 2.15. The molecule has 8 nitrogen and oxygen atoms in total. The zero-order valence-electron chi connectivity index (χ0n) is 9.38. The van der Waals surface area contributed by atoms with E-state index in [2.05, 4.69) is 20.3 Å². The van der Waals surface area contributed by atoms with E-state index in [0.29, 0.717) is 5.82 Å². The van der Waals surface area contributed by atoms with Crippen molar-refractivity contribution in [2.24, 2.45) is 0 Å². The van der Waals surface area contributed by atoms with Crippen molar-refractivity contribution in [3.8, 4) is 0 Å². The first-order valence-electron chi connectivity index (χ1n) is 5.00. The quantitative estimate of drug-likeness (QED) is 0.620. The molecule has 0 spiro atoms. The highest BCUT2D eigenvalue weighted by Crippen LogP contribution is 2.19. The second kappa shape index (κ2) is 4.62. The van der Waals surface area contributed by atoms with Crippen LogP contribution in [-0.2, 0) is 0 Å². The van der Waals surface area contributed by atoms with Gasteiger partial charge in [0.05, 0.1) is 11.3 Å². The van der Waals surface area contributed by atoms with Crippen LogP contribution in [0.25, 0.3) is 0 Å². The lowest BCUT2D eigenvalue weighted by Gasteiger charge is -2.04. The summed E-state index contributed by atoms with van der Waals surface area (Å²) in [7, 11) is 0. The molecule has 2 N–H and O–H groups in total. The van der Waals surface area contributed by atoms with Gasteiger partial charge in [-0.15, -0.1) is 0 Å². The number of nitro groups is 1. The van der Waals surface area contributed by atoms with Crippen molar-refractivity contribution in [3.63, 3.8) is 0 Å². The van der Waals surface area contributed by atoms with Crippen LogP contribution in [0.15, 0.2) is 29.3 Å². The SMILES string of the molecule is Cc1cccc(Nc2nc[nH]c(=O)c2[N+](=O)[O-])n1. The van der Waals surface area contributed by atoms with Crippen LogP contribution in [-0.4, -0.2) is 19.9 Å². The normalized spacial score (nSPS) is 10.1. The molecule has 0 aliphatic carbocycles. The molecule has 2 aromatic heterocycles. The van der Waals surface area contributed by atoms with Crippen molar-refractivity contribution in [2.75, 3.05) is 5.32 Å². The Hall–Kier alpha value is -2.77. The molecule has 0 bridgehead atoms. The van der Waals surface area contributed by atoms with Gasteiger partial charge in [0.1, 0.15) is 5.82 Å². The topological polar surface area (TPSA) is 114 Å². The van der Waals surface area contributed by atoms with Crippen LogP contribution in [0.1, 0.15) is 5.69 Å². The van der Waals surface area contributed by atoms with Crippen LogP contribution in [0.3, 0.4) is 0 Å². The lowest BCUT2D eigenvalue weighted by Crippen LogP contribution is -2.15. The molecule has 0 fully saturated rings. The predicted octanol–water partition coefficient (Wildman–Crippen LogP) is 1.13. The van der Waals surface area contributed by atoms with E-state index in [-0.39, 0.29) is 5.82 Å². The number of hydrogen-bond donors (Lipinski definition) is 2. The summed E-state index contributed by atoms with van der Waals surface area (Å²) in [6.45, 7) is 1.78. The molecule has 0 aliphatic heterocycles. The Morgan fingerprint density at radius 2 is 2.22 bits per heavy atom. The molecule has 0 radical (unpaired) electrons. The second-order valence-corrected chi connectivity index (χ2v) is 3.48. The molecular weight excluding hydrogens is 238 g/mol. The van der Waals surface area contributed by atoms with Crippen molar-refractivity contribution in [2.45, 2.75) is 6.92 Å². The highest BCUT2D eigenvalue weighted by Gasteiger charge is 2.20.